The molecule has 0 aromatic carbocycles. The van der Waals surface area contributed by atoms with Gasteiger partial charge >= 0.3 is 0 Å². The van der Waals surface area contributed by atoms with Gasteiger partial charge in [-0.2, -0.15) is 5.10 Å². The molecule has 8 heteroatoms. The van der Waals surface area contributed by atoms with E-state index in [4.69, 9.17) is 4.99 Å². The Morgan fingerprint density at radius 1 is 1.09 bits per heavy atom. The molecule has 2 amide bonds. The molecule has 1 aromatic heterocycles. The number of aromatic nitrogens is 2. The molecular formula is C24H36N6O2. The van der Waals surface area contributed by atoms with E-state index < -0.39 is 0 Å². The number of hydrogen-bond acceptors (Lipinski definition) is 4. The number of imide groups is 1. The van der Waals surface area contributed by atoms with Gasteiger partial charge in [0.25, 0.3) is 0 Å². The van der Waals surface area contributed by atoms with Crippen molar-refractivity contribution in [2.45, 2.75) is 53.0 Å². The van der Waals surface area contributed by atoms with Gasteiger partial charge in [0.05, 0.1) is 24.1 Å². The van der Waals surface area contributed by atoms with Crippen molar-refractivity contribution < 1.29 is 9.59 Å². The van der Waals surface area contributed by atoms with Gasteiger partial charge in [0.2, 0.25) is 11.8 Å². The summed E-state index contributed by atoms with van der Waals surface area (Å²) in [5.74, 6) is 1.14. The van der Waals surface area contributed by atoms with Gasteiger partial charge in [0.15, 0.2) is 5.96 Å². The first-order valence-electron chi connectivity index (χ1n) is 12.1. The molecule has 2 fully saturated rings. The van der Waals surface area contributed by atoms with Gasteiger partial charge in [-0.3, -0.25) is 19.2 Å². The molecule has 3 aliphatic rings. The maximum absolute atomic E-state index is 12.8. The molecule has 4 unspecified atom stereocenters. The molecule has 0 spiro atoms. The maximum atomic E-state index is 12.8. The average Bonchev–Trinajstić information content (AvgIpc) is 3.53. The third kappa shape index (κ3) is 3.95. The molecule has 2 N–H and O–H groups in total. The van der Waals surface area contributed by atoms with Crippen LogP contribution < -0.4 is 10.6 Å². The fourth-order valence-electron chi connectivity index (χ4n) is 5.70. The minimum atomic E-state index is -0.107. The molecule has 2 heterocycles. The molecule has 174 valence electrons. The molecule has 1 saturated heterocycles. The summed E-state index contributed by atoms with van der Waals surface area (Å²) < 4.78 is 1.96. The van der Waals surface area contributed by atoms with Crippen molar-refractivity contribution in [2.24, 2.45) is 35.7 Å². The van der Waals surface area contributed by atoms with Gasteiger partial charge in [-0.1, -0.05) is 26.0 Å². The first-order valence-corrected chi connectivity index (χ1v) is 12.1. The Hall–Kier alpha value is -2.64. The lowest BCUT2D eigenvalue weighted by atomic mass is 9.85. The van der Waals surface area contributed by atoms with Crippen LogP contribution in [0.5, 0.6) is 0 Å². The van der Waals surface area contributed by atoms with Gasteiger partial charge in [-0.15, -0.1) is 0 Å². The molecule has 32 heavy (non-hydrogen) atoms. The highest BCUT2D eigenvalue weighted by molar-refractivity contribution is 6.06. The highest BCUT2D eigenvalue weighted by Gasteiger charge is 2.58. The normalized spacial score (nSPS) is 26.4. The number of carbonyl (C=O) groups excluding carboxylic acids is 2. The Kier molecular flexibility index (Phi) is 6.67. The van der Waals surface area contributed by atoms with Crippen LogP contribution in [0.2, 0.25) is 0 Å². The minimum Gasteiger partial charge on any atom is -0.357 e. The second kappa shape index (κ2) is 9.46. The van der Waals surface area contributed by atoms with Crippen molar-refractivity contribution in [1.82, 2.24) is 25.3 Å². The summed E-state index contributed by atoms with van der Waals surface area (Å²) in [5.41, 5.74) is 3.53. The highest BCUT2D eigenvalue weighted by atomic mass is 16.2. The van der Waals surface area contributed by atoms with E-state index in [1.54, 1.807) is 0 Å². The molecule has 4 rings (SSSR count). The van der Waals surface area contributed by atoms with Crippen LogP contribution in [0, 0.1) is 23.7 Å². The van der Waals surface area contributed by atoms with Crippen LogP contribution in [-0.2, 0) is 36.0 Å². The van der Waals surface area contributed by atoms with Gasteiger partial charge in [0.1, 0.15) is 0 Å². The highest BCUT2D eigenvalue weighted by Crippen LogP contribution is 2.52. The first kappa shape index (κ1) is 22.6. The second-order valence-electron chi connectivity index (χ2n) is 9.01. The molecule has 1 aromatic rings. The number of rotatable bonds is 9. The van der Waals surface area contributed by atoms with Crippen LogP contribution in [0.1, 0.15) is 50.6 Å². The van der Waals surface area contributed by atoms with E-state index in [1.807, 2.05) is 18.7 Å². The standard InChI is InChI=1S/C24H36N6O2/c1-5-18-17(19(6-2)29(4)28-18)14-27-24(25-7-3)26-11-8-12-30-22(31)20-15-9-10-16(13-15)21(20)23(30)32/h9-10,15-16,20-21H,5-8,11-14H2,1-4H3,(H2,25,26,27). The van der Waals surface area contributed by atoms with Gasteiger partial charge in [0, 0.05) is 37.9 Å². The lowest BCUT2D eigenvalue weighted by molar-refractivity contribution is -0.140. The van der Waals surface area contributed by atoms with Crippen LogP contribution >= 0.6 is 0 Å². The van der Waals surface area contributed by atoms with Crippen molar-refractivity contribution in [2.75, 3.05) is 19.6 Å². The predicted octanol–water partition coefficient (Wildman–Crippen LogP) is 1.80. The zero-order valence-corrected chi connectivity index (χ0v) is 19.7. The van der Waals surface area contributed by atoms with E-state index in [9.17, 15) is 9.59 Å². The van der Waals surface area contributed by atoms with E-state index in [0.717, 1.165) is 37.5 Å². The molecule has 2 aliphatic carbocycles. The predicted molar refractivity (Wildman–Crippen MR) is 124 cm³/mol. The number of guanidine groups is 1. The number of aryl methyl sites for hydroxylation is 2. The molecule has 1 aliphatic heterocycles. The summed E-state index contributed by atoms with van der Waals surface area (Å²) in [4.78, 5) is 31.9. The summed E-state index contributed by atoms with van der Waals surface area (Å²) in [6.45, 7) is 8.77. The fourth-order valence-corrected chi connectivity index (χ4v) is 5.70. The Morgan fingerprint density at radius 3 is 2.38 bits per heavy atom. The number of carbonyl (C=O) groups is 2. The molecule has 1 saturated carbocycles. The zero-order chi connectivity index (χ0) is 22.8. The average molecular weight is 441 g/mol. The smallest absolute Gasteiger partial charge is 0.233 e. The molecule has 8 nitrogen and oxygen atoms in total. The van der Waals surface area contributed by atoms with Gasteiger partial charge < -0.3 is 10.6 Å². The van der Waals surface area contributed by atoms with Crippen LogP contribution in [0.4, 0.5) is 0 Å². The van der Waals surface area contributed by atoms with Gasteiger partial charge in [-0.05, 0) is 44.4 Å². The topological polar surface area (TPSA) is 91.6 Å². The Morgan fingerprint density at radius 2 is 1.78 bits per heavy atom. The Labute approximate surface area is 190 Å². The lowest BCUT2D eigenvalue weighted by Crippen LogP contribution is -2.40. The number of fused-ring (bicyclic) bond motifs is 5. The molecule has 2 bridgehead atoms. The minimum absolute atomic E-state index is 0.0354. The number of allylic oxidation sites excluding steroid dienone is 2. The Balaban J connectivity index is 1.31. The van der Waals surface area contributed by atoms with E-state index in [-0.39, 0.29) is 35.5 Å². The van der Waals surface area contributed by atoms with Crippen molar-refractivity contribution in [3.63, 3.8) is 0 Å². The summed E-state index contributed by atoms with van der Waals surface area (Å²) in [7, 11) is 1.99. The summed E-state index contributed by atoms with van der Waals surface area (Å²) in [5, 5.41) is 11.3. The monoisotopic (exact) mass is 440 g/mol. The number of amides is 2. The Bertz CT molecular complexity index is 903. The quantitative estimate of drug-likeness (QED) is 0.201. The zero-order valence-electron chi connectivity index (χ0n) is 19.7. The van der Waals surface area contributed by atoms with Gasteiger partial charge in [-0.25, -0.2) is 4.99 Å². The van der Waals surface area contributed by atoms with Crippen LogP contribution in [0.15, 0.2) is 17.1 Å². The van der Waals surface area contributed by atoms with E-state index in [0.29, 0.717) is 26.1 Å². The molecule has 4 atom stereocenters. The maximum Gasteiger partial charge on any atom is 0.233 e. The molecule has 0 radical (unpaired) electrons. The summed E-state index contributed by atoms with van der Waals surface area (Å²) in [6.07, 6.45) is 7.77. The fraction of sp³-hybridized carbons (Fsp3) is 0.667. The van der Waals surface area contributed by atoms with Crippen LogP contribution in [-0.4, -0.2) is 52.1 Å². The van der Waals surface area contributed by atoms with Crippen LogP contribution in [0.3, 0.4) is 0 Å². The van der Waals surface area contributed by atoms with Crippen molar-refractivity contribution in [1.29, 1.82) is 0 Å². The van der Waals surface area contributed by atoms with E-state index >= 15 is 0 Å². The summed E-state index contributed by atoms with van der Waals surface area (Å²) in [6, 6.07) is 0. The number of aliphatic imine (C=N–C) groups is 1. The van der Waals surface area contributed by atoms with E-state index in [2.05, 4.69) is 41.7 Å². The number of nitrogens with one attached hydrogen (secondary N) is 2. The van der Waals surface area contributed by atoms with Crippen molar-refractivity contribution >= 4 is 17.8 Å². The van der Waals surface area contributed by atoms with Crippen molar-refractivity contribution in [3.05, 3.63) is 29.1 Å². The van der Waals surface area contributed by atoms with E-state index in [1.165, 1.54) is 16.2 Å². The van der Waals surface area contributed by atoms with Crippen molar-refractivity contribution in [3.8, 4) is 0 Å². The number of nitrogens with zero attached hydrogens (tertiary/aromatic N) is 4. The lowest BCUT2D eigenvalue weighted by Gasteiger charge is -2.18. The molecular weight excluding hydrogens is 404 g/mol. The first-order chi connectivity index (χ1) is 15.5. The third-order valence-electron chi connectivity index (χ3n) is 7.18. The largest absolute Gasteiger partial charge is 0.357 e. The SMILES string of the molecule is CCNC(=NCc1c(CC)nn(C)c1CC)NCCCN1C(=O)C2C3C=CC(C3)C2C1=O. The summed E-state index contributed by atoms with van der Waals surface area (Å²) >= 11 is 0. The van der Waals surface area contributed by atoms with Crippen LogP contribution in [0.25, 0.3) is 0 Å². The number of likely N-dealkylation sites (tertiary alicyclic amines) is 1. The second-order valence-corrected chi connectivity index (χ2v) is 9.01. The third-order valence-corrected chi connectivity index (χ3v) is 7.18. The number of hydrogen-bond donors (Lipinski definition) is 2.